The molecule has 0 bridgehead atoms. The summed E-state index contributed by atoms with van der Waals surface area (Å²) in [6.45, 7) is 4.44. The normalized spacial score (nSPS) is 10.7. The first-order chi connectivity index (χ1) is 13.3. The lowest BCUT2D eigenvalue weighted by Crippen LogP contribution is -1.90. The van der Waals surface area contributed by atoms with Crippen LogP contribution in [0, 0.1) is 6.92 Å². The van der Waals surface area contributed by atoms with Crippen molar-refractivity contribution in [2.24, 2.45) is 0 Å². The Morgan fingerprint density at radius 3 is 2.00 bits per heavy atom. The number of rotatable bonds is 2. The van der Waals surface area contributed by atoms with Gasteiger partial charge in [-0.1, -0.05) is 104 Å². The molecule has 132 valence electrons. The summed E-state index contributed by atoms with van der Waals surface area (Å²) < 4.78 is 0. The number of hydrogen-bond donors (Lipinski definition) is 0. The number of fused-ring (bicyclic) bond motifs is 2. The molecule has 0 aliphatic carbocycles. The van der Waals surface area contributed by atoms with Crippen molar-refractivity contribution in [2.45, 2.75) is 20.3 Å². The molecule has 0 fully saturated rings. The third kappa shape index (κ3) is 3.31. The minimum Gasteiger partial charge on any atom is -0.0622 e. The van der Waals surface area contributed by atoms with Gasteiger partial charge in [0.1, 0.15) is 0 Å². The highest BCUT2D eigenvalue weighted by atomic mass is 14.1. The van der Waals surface area contributed by atoms with Gasteiger partial charge in [-0.05, 0) is 57.1 Å². The molecule has 0 aliphatic heterocycles. The standard InChI is InChI=1S/C27H24/c1-3-21-13-6-4-5-12-20(2)23-16-9-10-18-25(23)27(21)26-19-11-15-22-14-7-8-17-24(22)26/h4-19H,3H2,1-2H3. The minimum atomic E-state index is 0.986. The Kier molecular flexibility index (Phi) is 4.89. The molecule has 0 N–H and O–H groups in total. The van der Waals surface area contributed by atoms with E-state index in [4.69, 9.17) is 0 Å². The molecular formula is C27H24. The smallest absolute Gasteiger partial charge is 0.00671 e. The van der Waals surface area contributed by atoms with E-state index in [1.807, 2.05) is 0 Å². The highest BCUT2D eigenvalue weighted by Gasteiger charge is 2.10. The van der Waals surface area contributed by atoms with Crippen LogP contribution in [0.5, 0.6) is 0 Å². The SMILES string of the molecule is CCc1cccccc(C)c2ccccc2c1-c1cccc2ccccc12. The van der Waals surface area contributed by atoms with E-state index >= 15 is 0 Å². The Morgan fingerprint density at radius 1 is 0.556 bits per heavy atom. The first-order valence-corrected chi connectivity index (χ1v) is 9.62. The largest absolute Gasteiger partial charge is 0.0622 e. The van der Waals surface area contributed by atoms with E-state index in [0.717, 1.165) is 6.42 Å². The van der Waals surface area contributed by atoms with Crippen molar-refractivity contribution in [2.75, 3.05) is 0 Å². The van der Waals surface area contributed by atoms with Crippen LogP contribution in [-0.4, -0.2) is 0 Å². The highest BCUT2D eigenvalue weighted by Crippen LogP contribution is 2.36. The first kappa shape index (κ1) is 17.3. The number of hydrogen-bond acceptors (Lipinski definition) is 0. The van der Waals surface area contributed by atoms with Gasteiger partial charge in [0.25, 0.3) is 0 Å². The van der Waals surface area contributed by atoms with Crippen molar-refractivity contribution < 1.29 is 0 Å². The van der Waals surface area contributed by atoms with E-state index in [1.165, 1.54) is 43.8 Å². The molecule has 0 atom stereocenters. The third-order valence-corrected chi connectivity index (χ3v) is 5.25. The summed E-state index contributed by atoms with van der Waals surface area (Å²) in [7, 11) is 0. The topological polar surface area (TPSA) is 0 Å². The molecule has 0 aromatic heterocycles. The second-order valence-electron chi connectivity index (χ2n) is 6.92. The molecule has 0 spiro atoms. The highest BCUT2D eigenvalue weighted by molar-refractivity contribution is 6.06. The van der Waals surface area contributed by atoms with Gasteiger partial charge in [-0.3, -0.25) is 0 Å². The van der Waals surface area contributed by atoms with Crippen molar-refractivity contribution in [3.8, 4) is 11.1 Å². The Bertz CT molecular complexity index is 1160. The van der Waals surface area contributed by atoms with Crippen LogP contribution in [-0.2, 0) is 6.42 Å². The molecule has 0 nitrogen and oxygen atoms in total. The summed E-state index contributed by atoms with van der Waals surface area (Å²) in [4.78, 5) is 0. The average Bonchev–Trinajstić information content (AvgIpc) is 2.72. The van der Waals surface area contributed by atoms with Crippen LogP contribution < -0.4 is 0 Å². The van der Waals surface area contributed by atoms with Crippen LogP contribution in [0.25, 0.3) is 32.7 Å². The molecule has 0 heterocycles. The molecule has 0 radical (unpaired) electrons. The molecule has 4 aromatic carbocycles. The maximum Gasteiger partial charge on any atom is -0.00671 e. The average molecular weight is 348 g/mol. The lowest BCUT2D eigenvalue weighted by Gasteiger charge is -2.13. The monoisotopic (exact) mass is 348 g/mol. The molecule has 0 amide bonds. The Hall–Kier alpha value is -3.12. The molecule has 4 aromatic rings. The summed E-state index contributed by atoms with van der Waals surface area (Å²) in [6, 6.07) is 34.9. The van der Waals surface area contributed by atoms with Crippen LogP contribution in [0.4, 0.5) is 0 Å². The van der Waals surface area contributed by atoms with Crippen LogP contribution in [0.15, 0.2) is 97.1 Å². The van der Waals surface area contributed by atoms with Crippen molar-refractivity contribution in [1.82, 2.24) is 0 Å². The molecule has 0 aliphatic rings. The van der Waals surface area contributed by atoms with Gasteiger partial charge in [0.2, 0.25) is 0 Å². The fourth-order valence-corrected chi connectivity index (χ4v) is 3.88. The van der Waals surface area contributed by atoms with Gasteiger partial charge in [0.15, 0.2) is 0 Å². The Balaban J connectivity index is 2.27. The van der Waals surface area contributed by atoms with Gasteiger partial charge in [-0.25, -0.2) is 0 Å². The van der Waals surface area contributed by atoms with Crippen molar-refractivity contribution >= 4 is 21.5 Å². The zero-order chi connectivity index (χ0) is 18.6. The van der Waals surface area contributed by atoms with Gasteiger partial charge in [-0.15, -0.1) is 0 Å². The summed E-state index contributed by atoms with van der Waals surface area (Å²) in [6.07, 6.45) is 0.986. The lowest BCUT2D eigenvalue weighted by molar-refractivity contribution is 1.15. The second kappa shape index (κ2) is 7.63. The van der Waals surface area contributed by atoms with E-state index in [2.05, 4.69) is 111 Å². The van der Waals surface area contributed by atoms with E-state index in [-0.39, 0.29) is 0 Å². The fourth-order valence-electron chi connectivity index (χ4n) is 3.88. The molecule has 0 saturated heterocycles. The van der Waals surface area contributed by atoms with Crippen molar-refractivity contribution in [3.05, 3.63) is 108 Å². The van der Waals surface area contributed by atoms with Crippen molar-refractivity contribution in [3.63, 3.8) is 0 Å². The van der Waals surface area contributed by atoms with Crippen LogP contribution >= 0.6 is 0 Å². The van der Waals surface area contributed by atoms with E-state index < -0.39 is 0 Å². The summed E-state index contributed by atoms with van der Waals surface area (Å²) in [5.74, 6) is 0. The minimum absolute atomic E-state index is 0.986. The van der Waals surface area contributed by atoms with Gasteiger partial charge >= 0.3 is 0 Å². The zero-order valence-corrected chi connectivity index (χ0v) is 15.9. The van der Waals surface area contributed by atoms with Gasteiger partial charge in [0, 0.05) is 0 Å². The van der Waals surface area contributed by atoms with Crippen LogP contribution in [0.3, 0.4) is 0 Å². The van der Waals surface area contributed by atoms with E-state index in [0.29, 0.717) is 0 Å². The molecular weight excluding hydrogens is 324 g/mol. The Labute approximate surface area is 161 Å². The summed E-state index contributed by atoms with van der Waals surface area (Å²) in [5, 5.41) is 5.19. The predicted molar refractivity (Wildman–Crippen MR) is 119 cm³/mol. The van der Waals surface area contributed by atoms with Crippen LogP contribution in [0.2, 0.25) is 0 Å². The van der Waals surface area contributed by atoms with E-state index in [1.54, 1.807) is 0 Å². The van der Waals surface area contributed by atoms with Gasteiger partial charge in [-0.2, -0.15) is 0 Å². The quantitative estimate of drug-likeness (QED) is 0.349. The van der Waals surface area contributed by atoms with Gasteiger partial charge in [0.05, 0.1) is 0 Å². The molecule has 0 unspecified atom stereocenters. The molecule has 0 heteroatoms. The summed E-state index contributed by atoms with van der Waals surface area (Å²) >= 11 is 0. The number of benzene rings is 3. The van der Waals surface area contributed by atoms with Crippen LogP contribution in [0.1, 0.15) is 18.1 Å². The molecule has 27 heavy (non-hydrogen) atoms. The maximum atomic E-state index is 2.26. The first-order valence-electron chi connectivity index (χ1n) is 9.62. The Morgan fingerprint density at radius 2 is 1.19 bits per heavy atom. The lowest BCUT2D eigenvalue weighted by atomic mass is 9.90. The van der Waals surface area contributed by atoms with Crippen molar-refractivity contribution in [1.29, 1.82) is 0 Å². The fraction of sp³-hybridized carbons (Fsp3) is 0.111. The molecule has 0 saturated carbocycles. The predicted octanol–water partition coefficient (Wildman–Crippen LogP) is 7.66. The zero-order valence-electron chi connectivity index (χ0n) is 15.9. The van der Waals surface area contributed by atoms with E-state index in [9.17, 15) is 0 Å². The third-order valence-electron chi connectivity index (χ3n) is 5.25. The molecule has 4 rings (SSSR count). The summed E-state index contributed by atoms with van der Waals surface area (Å²) in [5.41, 5.74) is 5.28. The number of aryl methyl sites for hydroxylation is 2. The van der Waals surface area contributed by atoms with Gasteiger partial charge < -0.3 is 0 Å². The second-order valence-corrected chi connectivity index (χ2v) is 6.92. The maximum absolute atomic E-state index is 2.26.